The smallest absolute Gasteiger partial charge is 0.136 e. The number of furan rings is 1. The molecule has 0 bridgehead atoms. The van der Waals surface area contributed by atoms with E-state index < -0.39 is 10.6 Å². The number of fused-ring (bicyclic) bond motifs is 6. The summed E-state index contributed by atoms with van der Waals surface area (Å²) in [5.74, 6) is 0.134. The molecule has 0 saturated heterocycles. The number of hydrogen-bond acceptors (Lipinski definition) is 3. The van der Waals surface area contributed by atoms with E-state index in [4.69, 9.17) is 35.8 Å². The van der Waals surface area contributed by atoms with Gasteiger partial charge in [0.1, 0.15) is 17.0 Å². The van der Waals surface area contributed by atoms with Gasteiger partial charge in [0.2, 0.25) is 0 Å². The van der Waals surface area contributed by atoms with Crippen LogP contribution in [-0.4, -0.2) is 51.4 Å². The monoisotopic (exact) mass is 620 g/mol. The molecule has 2 aromatic heterocycles. The van der Waals surface area contributed by atoms with E-state index in [1.54, 1.807) is 4.57 Å². The Balaban J connectivity index is 1.28. The molecule has 0 aliphatic heterocycles. The van der Waals surface area contributed by atoms with E-state index in [9.17, 15) is 5.11 Å². The van der Waals surface area contributed by atoms with Crippen molar-refractivity contribution in [3.8, 4) is 27.9 Å². The third-order valence-electron chi connectivity index (χ3n) is 9.61. The molecular weight excluding hydrogens is 596 g/mol. The van der Waals surface area contributed by atoms with Crippen LogP contribution in [0, 0.1) is 0 Å². The zero-order chi connectivity index (χ0) is 33.5. The molecule has 0 spiro atoms. The Bertz CT molecular complexity index is 2680. The first-order valence-corrected chi connectivity index (χ1v) is 16.0. The van der Waals surface area contributed by atoms with E-state index in [0.717, 1.165) is 76.9 Å². The van der Waals surface area contributed by atoms with Crippen molar-refractivity contribution in [3.05, 3.63) is 145 Å². The first-order valence-electron chi connectivity index (χ1n) is 16.0. The average Bonchev–Trinajstić information content (AvgIpc) is 3.70. The molecule has 49 heavy (non-hydrogen) atoms. The second-order valence-corrected chi connectivity index (χ2v) is 12.6. The van der Waals surface area contributed by atoms with Crippen LogP contribution < -0.4 is 0 Å². The highest BCUT2D eigenvalue weighted by Gasteiger charge is 2.38. The molecule has 9 rings (SSSR count). The normalized spacial score (nSPS) is 12.5. The highest BCUT2D eigenvalue weighted by molar-refractivity contribution is 6.53. The topological polar surface area (TPSA) is 51.2 Å². The van der Waals surface area contributed by atoms with E-state index in [1.807, 2.05) is 54.6 Å². The van der Waals surface area contributed by atoms with Gasteiger partial charge in [0.25, 0.3) is 0 Å². The molecular formula is C41H24B4N2O2. The van der Waals surface area contributed by atoms with Crippen LogP contribution in [0.15, 0.2) is 144 Å². The molecule has 7 aromatic carbocycles. The molecule has 8 heteroatoms. The molecule has 0 fully saturated rings. The Labute approximate surface area is 288 Å². The van der Waals surface area contributed by atoms with Crippen molar-refractivity contribution in [1.82, 2.24) is 9.55 Å². The van der Waals surface area contributed by atoms with Crippen molar-refractivity contribution in [1.29, 1.82) is 0 Å². The molecule has 8 radical (unpaired) electrons. The molecule has 2 heterocycles. The molecule has 0 unspecified atom stereocenters. The highest BCUT2D eigenvalue weighted by atomic mass is 16.3. The molecule has 1 N–H and O–H groups in total. The summed E-state index contributed by atoms with van der Waals surface area (Å²) in [6.45, 7) is 0. The van der Waals surface area contributed by atoms with Crippen molar-refractivity contribution in [2.24, 2.45) is 0 Å². The first kappa shape index (κ1) is 29.7. The SMILES string of the molecule is [B]C([B])(O)C([B])([B])c1nc2ccccc2n1-c1ccc(-c2c3ccccc3c(-c3cccc4oc5ccccc5c34)c3ccccc23)cc1. The van der Waals surface area contributed by atoms with Crippen LogP contribution in [-0.2, 0) is 5.21 Å². The van der Waals surface area contributed by atoms with Gasteiger partial charge in [0.05, 0.1) is 42.4 Å². The van der Waals surface area contributed by atoms with Gasteiger partial charge in [-0.3, -0.25) is 4.57 Å². The minimum Gasteiger partial charge on any atom is -0.456 e. The largest absolute Gasteiger partial charge is 0.456 e. The standard InChI is InChI=1S/C41H24B4N2O2/c42-40(43,41(44,45)48)39-46-32-16-6-7-17-33(32)47(39)25-22-20-24(21-23-25)36-26-10-1-3-12-28(26)37(29-13-4-2-11-27(29)36)31-15-9-19-35-38(31)30-14-5-8-18-34(30)49-35/h1-23,48H. The summed E-state index contributed by atoms with van der Waals surface area (Å²) in [4.78, 5) is 4.65. The minimum atomic E-state index is -2.43. The predicted molar refractivity (Wildman–Crippen MR) is 204 cm³/mol. The third-order valence-corrected chi connectivity index (χ3v) is 9.61. The lowest BCUT2D eigenvalue weighted by Gasteiger charge is -2.39. The molecule has 4 nitrogen and oxygen atoms in total. The van der Waals surface area contributed by atoms with Crippen LogP contribution in [0.25, 0.3) is 82.5 Å². The Hall–Kier alpha value is -5.45. The van der Waals surface area contributed by atoms with Crippen molar-refractivity contribution in [2.45, 2.75) is 10.6 Å². The molecule has 222 valence electrons. The number of hydrogen-bond donors (Lipinski definition) is 1. The van der Waals surface area contributed by atoms with Gasteiger partial charge in [-0.15, -0.1) is 0 Å². The number of aromatic nitrogens is 2. The number of rotatable bonds is 5. The maximum atomic E-state index is 10.5. The molecule has 0 aliphatic rings. The fraction of sp³-hybridized carbons (Fsp3) is 0.0488. The van der Waals surface area contributed by atoms with Gasteiger partial charge in [-0.05, 0) is 90.8 Å². The van der Waals surface area contributed by atoms with Crippen LogP contribution in [0.3, 0.4) is 0 Å². The van der Waals surface area contributed by atoms with Gasteiger partial charge in [-0.2, -0.15) is 0 Å². The maximum Gasteiger partial charge on any atom is 0.136 e. The van der Waals surface area contributed by atoms with Crippen molar-refractivity contribution < 1.29 is 9.52 Å². The van der Waals surface area contributed by atoms with E-state index in [0.29, 0.717) is 5.52 Å². The van der Waals surface area contributed by atoms with Crippen LogP contribution in [0.5, 0.6) is 0 Å². The van der Waals surface area contributed by atoms with E-state index in [1.165, 1.54) is 0 Å². The molecule has 0 aliphatic carbocycles. The fourth-order valence-electron chi connectivity index (χ4n) is 7.23. The number of benzene rings is 7. The number of nitrogens with zero attached hydrogens (tertiary/aromatic N) is 2. The van der Waals surface area contributed by atoms with Gasteiger partial charge in [0, 0.05) is 16.5 Å². The van der Waals surface area contributed by atoms with Crippen molar-refractivity contribution in [3.63, 3.8) is 0 Å². The van der Waals surface area contributed by atoms with Crippen LogP contribution in [0.2, 0.25) is 0 Å². The summed E-state index contributed by atoms with van der Waals surface area (Å²) in [6.07, 6.45) is 0. The zero-order valence-electron chi connectivity index (χ0n) is 26.3. The van der Waals surface area contributed by atoms with Gasteiger partial charge < -0.3 is 9.52 Å². The zero-order valence-corrected chi connectivity index (χ0v) is 26.3. The molecule has 0 amide bonds. The lowest BCUT2D eigenvalue weighted by molar-refractivity contribution is 0.189. The van der Waals surface area contributed by atoms with Gasteiger partial charge in [0.15, 0.2) is 0 Å². The first-order chi connectivity index (χ1) is 23.7. The van der Waals surface area contributed by atoms with Crippen molar-refractivity contribution >= 4 is 85.9 Å². The molecule has 0 saturated carbocycles. The number of para-hydroxylation sites is 3. The third kappa shape index (κ3) is 4.44. The summed E-state index contributed by atoms with van der Waals surface area (Å²) in [5.41, 5.74) is 8.29. The van der Waals surface area contributed by atoms with Gasteiger partial charge in [-0.25, -0.2) is 4.98 Å². The van der Waals surface area contributed by atoms with Gasteiger partial charge in [-0.1, -0.05) is 103 Å². The lowest BCUT2D eigenvalue weighted by atomic mass is 9.35. The second kappa shape index (κ2) is 10.8. The minimum absolute atomic E-state index is 0.134. The molecule has 9 aromatic rings. The Morgan fingerprint density at radius 3 is 1.76 bits per heavy atom. The Morgan fingerprint density at radius 2 is 1.10 bits per heavy atom. The average molecular weight is 620 g/mol. The summed E-state index contributed by atoms with van der Waals surface area (Å²) in [7, 11) is 24.4. The summed E-state index contributed by atoms with van der Waals surface area (Å²) >= 11 is 0. The second-order valence-electron chi connectivity index (χ2n) is 12.6. The van der Waals surface area contributed by atoms with Crippen LogP contribution in [0.4, 0.5) is 0 Å². The maximum absolute atomic E-state index is 10.5. The summed E-state index contributed by atoms with van der Waals surface area (Å²) in [6, 6.07) is 47.3. The fourth-order valence-corrected chi connectivity index (χ4v) is 7.23. The molecule has 0 atom stereocenters. The van der Waals surface area contributed by atoms with Crippen LogP contribution in [0.1, 0.15) is 5.82 Å². The van der Waals surface area contributed by atoms with Gasteiger partial charge >= 0.3 is 0 Å². The Kier molecular flexibility index (Phi) is 6.53. The van der Waals surface area contributed by atoms with Crippen LogP contribution >= 0.6 is 0 Å². The van der Waals surface area contributed by atoms with E-state index in [-0.39, 0.29) is 5.82 Å². The van der Waals surface area contributed by atoms with E-state index >= 15 is 0 Å². The predicted octanol–water partition coefficient (Wildman–Crippen LogP) is 8.04. The highest BCUT2D eigenvalue weighted by Crippen LogP contribution is 2.47. The summed E-state index contributed by atoms with van der Waals surface area (Å²) < 4.78 is 8.09. The summed E-state index contributed by atoms with van der Waals surface area (Å²) in [5, 5.41) is 12.8. The quantitative estimate of drug-likeness (QED) is 0.157. The van der Waals surface area contributed by atoms with Crippen molar-refractivity contribution in [2.75, 3.05) is 0 Å². The number of imidazole rings is 1. The van der Waals surface area contributed by atoms with E-state index in [2.05, 4.69) is 89.9 Å². The lowest BCUT2D eigenvalue weighted by Crippen LogP contribution is -2.55. The number of aliphatic hydroxyl groups is 1. The Morgan fingerprint density at radius 1 is 0.551 bits per heavy atom.